The van der Waals surface area contributed by atoms with E-state index in [1.54, 1.807) is 0 Å². The Kier molecular flexibility index (Phi) is 2.78. The number of hydrogen-bond donors (Lipinski definition) is 0. The number of halogens is 1. The molecule has 0 amide bonds. The first-order valence-corrected chi connectivity index (χ1v) is 6.25. The van der Waals surface area contributed by atoms with Crippen LogP contribution in [0.1, 0.15) is 22.9 Å². The van der Waals surface area contributed by atoms with Crippen LogP contribution in [0.2, 0.25) is 0 Å². The van der Waals surface area contributed by atoms with Gasteiger partial charge in [0.05, 0.1) is 18.6 Å². The lowest BCUT2D eigenvalue weighted by molar-refractivity contribution is 0.185. The summed E-state index contributed by atoms with van der Waals surface area (Å²) in [5, 5.41) is 0.0772. The molecule has 2 aliphatic rings. The van der Waals surface area contributed by atoms with Gasteiger partial charge in [0.2, 0.25) is 0 Å². The molecule has 2 atom stereocenters. The molecule has 86 valence electrons. The van der Waals surface area contributed by atoms with Crippen molar-refractivity contribution in [3.05, 3.63) is 29.3 Å². The molecule has 3 heteroatoms. The van der Waals surface area contributed by atoms with Crippen molar-refractivity contribution in [2.24, 2.45) is 5.92 Å². The van der Waals surface area contributed by atoms with Gasteiger partial charge in [0.25, 0.3) is 0 Å². The molecule has 1 aromatic carbocycles. The molecule has 0 bridgehead atoms. The fourth-order valence-electron chi connectivity index (χ4n) is 2.43. The fraction of sp³-hybridized carbons (Fsp3) is 0.538. The third-order valence-corrected chi connectivity index (χ3v) is 4.02. The third-order valence-electron chi connectivity index (χ3n) is 3.41. The van der Waals surface area contributed by atoms with E-state index in [4.69, 9.17) is 21.1 Å². The normalized spacial score (nSPS) is 25.2. The van der Waals surface area contributed by atoms with Crippen molar-refractivity contribution < 1.29 is 9.47 Å². The SMILES string of the molecule is ClC(c1ccc2c(c1)CCO2)C1CCOC1. The maximum absolute atomic E-state index is 6.49. The average molecular weight is 239 g/mol. The van der Waals surface area contributed by atoms with E-state index in [9.17, 15) is 0 Å². The van der Waals surface area contributed by atoms with Crippen molar-refractivity contribution in [2.75, 3.05) is 19.8 Å². The van der Waals surface area contributed by atoms with Crippen LogP contribution >= 0.6 is 11.6 Å². The fourth-order valence-corrected chi connectivity index (χ4v) is 2.77. The Morgan fingerprint density at radius 1 is 1.31 bits per heavy atom. The molecule has 2 aliphatic heterocycles. The highest BCUT2D eigenvalue weighted by Crippen LogP contribution is 2.37. The largest absolute Gasteiger partial charge is 0.493 e. The number of benzene rings is 1. The minimum Gasteiger partial charge on any atom is -0.493 e. The summed E-state index contributed by atoms with van der Waals surface area (Å²) in [5.74, 6) is 1.48. The van der Waals surface area contributed by atoms with Crippen LogP contribution in [0.25, 0.3) is 0 Å². The van der Waals surface area contributed by atoms with E-state index >= 15 is 0 Å². The van der Waals surface area contributed by atoms with E-state index in [-0.39, 0.29) is 5.38 Å². The summed E-state index contributed by atoms with van der Waals surface area (Å²) < 4.78 is 10.9. The third kappa shape index (κ3) is 1.80. The van der Waals surface area contributed by atoms with Gasteiger partial charge in [-0.1, -0.05) is 12.1 Å². The molecule has 0 spiro atoms. The van der Waals surface area contributed by atoms with Crippen LogP contribution in [-0.2, 0) is 11.2 Å². The van der Waals surface area contributed by atoms with Gasteiger partial charge in [-0.3, -0.25) is 0 Å². The van der Waals surface area contributed by atoms with Gasteiger partial charge >= 0.3 is 0 Å². The topological polar surface area (TPSA) is 18.5 Å². The summed E-state index contributed by atoms with van der Waals surface area (Å²) in [6.07, 6.45) is 2.08. The van der Waals surface area contributed by atoms with Crippen LogP contribution < -0.4 is 4.74 Å². The molecule has 0 N–H and O–H groups in total. The Bertz CT molecular complexity index is 386. The van der Waals surface area contributed by atoms with Crippen LogP contribution in [0.4, 0.5) is 0 Å². The number of alkyl halides is 1. The van der Waals surface area contributed by atoms with Crippen LogP contribution in [-0.4, -0.2) is 19.8 Å². The van der Waals surface area contributed by atoms with Gasteiger partial charge in [0.15, 0.2) is 0 Å². The summed E-state index contributed by atoms with van der Waals surface area (Å²) in [6, 6.07) is 6.32. The zero-order chi connectivity index (χ0) is 11.0. The molecule has 1 saturated heterocycles. The summed E-state index contributed by atoms with van der Waals surface area (Å²) in [6.45, 7) is 2.45. The first kappa shape index (κ1) is 10.4. The molecule has 2 unspecified atom stereocenters. The monoisotopic (exact) mass is 238 g/mol. The highest BCUT2D eigenvalue weighted by molar-refractivity contribution is 6.21. The van der Waals surface area contributed by atoms with E-state index in [0.717, 1.165) is 38.4 Å². The Balaban J connectivity index is 1.83. The quantitative estimate of drug-likeness (QED) is 0.738. The first-order valence-electron chi connectivity index (χ1n) is 5.82. The Morgan fingerprint density at radius 3 is 3.06 bits per heavy atom. The molecule has 2 nitrogen and oxygen atoms in total. The van der Waals surface area contributed by atoms with E-state index in [1.165, 1.54) is 11.1 Å². The first-order chi connectivity index (χ1) is 7.84. The second-order valence-electron chi connectivity index (χ2n) is 4.49. The summed E-state index contributed by atoms with van der Waals surface area (Å²) in [4.78, 5) is 0. The van der Waals surface area contributed by atoms with Gasteiger partial charge < -0.3 is 9.47 Å². The minimum atomic E-state index is 0.0772. The van der Waals surface area contributed by atoms with Crippen molar-refractivity contribution in [1.82, 2.24) is 0 Å². The van der Waals surface area contributed by atoms with Crippen molar-refractivity contribution >= 4 is 11.6 Å². The molecular formula is C13H15ClO2. The van der Waals surface area contributed by atoms with Gasteiger partial charge in [0.1, 0.15) is 5.75 Å². The molecule has 2 heterocycles. The lowest BCUT2D eigenvalue weighted by Crippen LogP contribution is -2.07. The van der Waals surface area contributed by atoms with E-state index in [1.807, 2.05) is 6.07 Å². The number of rotatable bonds is 2. The van der Waals surface area contributed by atoms with Gasteiger partial charge in [-0.25, -0.2) is 0 Å². The highest BCUT2D eigenvalue weighted by atomic mass is 35.5. The van der Waals surface area contributed by atoms with E-state index in [0.29, 0.717) is 5.92 Å². The van der Waals surface area contributed by atoms with Crippen molar-refractivity contribution in [1.29, 1.82) is 0 Å². The Morgan fingerprint density at radius 2 is 2.25 bits per heavy atom. The lowest BCUT2D eigenvalue weighted by atomic mass is 9.96. The molecule has 0 aromatic heterocycles. The molecule has 1 aromatic rings. The predicted molar refractivity (Wildman–Crippen MR) is 63.2 cm³/mol. The van der Waals surface area contributed by atoms with Crippen LogP contribution in [0.3, 0.4) is 0 Å². The van der Waals surface area contributed by atoms with Crippen LogP contribution in [0, 0.1) is 5.92 Å². The van der Waals surface area contributed by atoms with Gasteiger partial charge in [0, 0.05) is 18.9 Å². The number of ether oxygens (including phenoxy) is 2. The van der Waals surface area contributed by atoms with Crippen molar-refractivity contribution in [2.45, 2.75) is 18.2 Å². The molecule has 0 aliphatic carbocycles. The standard InChI is InChI=1S/C13H15ClO2/c14-13(11-3-5-15-8-11)10-1-2-12-9(7-10)4-6-16-12/h1-2,7,11,13H,3-6,8H2. The molecule has 1 fully saturated rings. The molecule has 0 saturated carbocycles. The van der Waals surface area contributed by atoms with E-state index < -0.39 is 0 Å². The van der Waals surface area contributed by atoms with Crippen LogP contribution in [0.5, 0.6) is 5.75 Å². The summed E-state index contributed by atoms with van der Waals surface area (Å²) in [7, 11) is 0. The molecule has 0 radical (unpaired) electrons. The average Bonchev–Trinajstić information content (AvgIpc) is 2.98. The van der Waals surface area contributed by atoms with Crippen LogP contribution in [0.15, 0.2) is 18.2 Å². The van der Waals surface area contributed by atoms with Crippen molar-refractivity contribution in [3.63, 3.8) is 0 Å². The second kappa shape index (κ2) is 4.27. The molecular weight excluding hydrogens is 224 g/mol. The number of fused-ring (bicyclic) bond motifs is 1. The number of hydrogen-bond acceptors (Lipinski definition) is 2. The maximum atomic E-state index is 6.49. The summed E-state index contributed by atoms with van der Waals surface area (Å²) >= 11 is 6.49. The molecule has 3 rings (SSSR count). The second-order valence-corrected chi connectivity index (χ2v) is 4.96. The Labute approximate surface area is 101 Å². The van der Waals surface area contributed by atoms with Crippen molar-refractivity contribution in [3.8, 4) is 5.75 Å². The molecule has 16 heavy (non-hydrogen) atoms. The van der Waals surface area contributed by atoms with Gasteiger partial charge in [-0.15, -0.1) is 11.6 Å². The lowest BCUT2D eigenvalue weighted by Gasteiger charge is -2.16. The zero-order valence-corrected chi connectivity index (χ0v) is 9.87. The summed E-state index contributed by atoms with van der Waals surface area (Å²) in [5.41, 5.74) is 2.50. The highest BCUT2D eigenvalue weighted by Gasteiger charge is 2.26. The minimum absolute atomic E-state index is 0.0772. The maximum Gasteiger partial charge on any atom is 0.122 e. The van der Waals surface area contributed by atoms with Gasteiger partial charge in [-0.2, -0.15) is 0 Å². The predicted octanol–water partition coefficient (Wildman–Crippen LogP) is 2.94. The van der Waals surface area contributed by atoms with Gasteiger partial charge in [-0.05, 0) is 23.6 Å². The zero-order valence-electron chi connectivity index (χ0n) is 9.12. The smallest absolute Gasteiger partial charge is 0.122 e. The Hall–Kier alpha value is -0.730. The van der Waals surface area contributed by atoms with E-state index in [2.05, 4.69) is 12.1 Å².